The second-order valence-corrected chi connectivity index (χ2v) is 5.39. The van der Waals surface area contributed by atoms with Gasteiger partial charge in [-0.3, -0.25) is 4.79 Å². The van der Waals surface area contributed by atoms with Crippen molar-refractivity contribution in [3.63, 3.8) is 0 Å². The molecule has 0 saturated carbocycles. The molecule has 0 heterocycles. The summed E-state index contributed by atoms with van der Waals surface area (Å²) in [5.41, 5.74) is 4.04. The molecule has 0 N–H and O–H groups in total. The van der Waals surface area contributed by atoms with E-state index >= 15 is 0 Å². The molecule has 0 saturated heterocycles. The molecule has 2 aliphatic carbocycles. The van der Waals surface area contributed by atoms with Crippen molar-refractivity contribution >= 4 is 5.97 Å². The fraction of sp³-hybridized carbons (Fsp3) is 0.471. The summed E-state index contributed by atoms with van der Waals surface area (Å²) in [6.45, 7) is 4.31. The van der Waals surface area contributed by atoms with E-state index in [1.54, 1.807) is 0 Å². The highest BCUT2D eigenvalue weighted by Gasteiger charge is 2.22. The third kappa shape index (κ3) is 3.25. The summed E-state index contributed by atoms with van der Waals surface area (Å²) in [5, 5.41) is 0. The summed E-state index contributed by atoms with van der Waals surface area (Å²) in [6.07, 6.45) is 13.7. The molecule has 2 atom stereocenters. The first-order valence-electron chi connectivity index (χ1n) is 6.95. The van der Waals surface area contributed by atoms with Crippen LogP contribution in [0, 0.1) is 11.8 Å². The maximum absolute atomic E-state index is 11.5. The summed E-state index contributed by atoms with van der Waals surface area (Å²) in [7, 11) is 1.45. The Morgan fingerprint density at radius 3 is 2.89 bits per heavy atom. The molecule has 2 heteroatoms. The largest absolute Gasteiger partial charge is 0.469 e. The second-order valence-electron chi connectivity index (χ2n) is 5.39. The highest BCUT2D eigenvalue weighted by Crippen LogP contribution is 2.33. The molecule has 19 heavy (non-hydrogen) atoms. The van der Waals surface area contributed by atoms with Crippen LogP contribution in [0.5, 0.6) is 0 Å². The van der Waals surface area contributed by atoms with Crippen LogP contribution in [-0.4, -0.2) is 13.1 Å². The molecule has 0 aliphatic heterocycles. The lowest BCUT2D eigenvalue weighted by Gasteiger charge is -2.24. The molecule has 0 spiro atoms. The fourth-order valence-electron chi connectivity index (χ4n) is 2.72. The summed E-state index contributed by atoms with van der Waals surface area (Å²) < 4.78 is 4.79. The van der Waals surface area contributed by atoms with Crippen LogP contribution in [0.4, 0.5) is 0 Å². The molecule has 2 nitrogen and oxygen atoms in total. The number of hydrogen-bond acceptors (Lipinski definition) is 2. The molecule has 0 aromatic rings. The molecule has 0 aromatic heterocycles. The van der Waals surface area contributed by atoms with E-state index < -0.39 is 0 Å². The Morgan fingerprint density at radius 1 is 1.42 bits per heavy atom. The van der Waals surface area contributed by atoms with Crippen LogP contribution in [0.1, 0.15) is 33.1 Å². The first-order valence-corrected chi connectivity index (χ1v) is 6.95. The van der Waals surface area contributed by atoms with E-state index in [4.69, 9.17) is 4.74 Å². The zero-order chi connectivity index (χ0) is 13.8. The summed E-state index contributed by atoms with van der Waals surface area (Å²) in [4.78, 5) is 11.5. The van der Waals surface area contributed by atoms with Crippen LogP contribution in [0.3, 0.4) is 0 Å². The predicted molar refractivity (Wildman–Crippen MR) is 77.6 cm³/mol. The molecule has 0 fully saturated rings. The van der Waals surface area contributed by atoms with Gasteiger partial charge in [0.1, 0.15) is 0 Å². The molecule has 0 aromatic carbocycles. The van der Waals surface area contributed by atoms with Crippen LogP contribution >= 0.6 is 0 Å². The monoisotopic (exact) mass is 258 g/mol. The smallest absolute Gasteiger partial charge is 0.306 e. The minimum atomic E-state index is -0.128. The van der Waals surface area contributed by atoms with Crippen molar-refractivity contribution in [3.8, 4) is 0 Å². The lowest BCUT2D eigenvalue weighted by molar-refractivity contribution is -0.141. The van der Waals surface area contributed by atoms with Gasteiger partial charge in [0.15, 0.2) is 0 Å². The average molecular weight is 258 g/mol. The molecular weight excluding hydrogens is 236 g/mol. The topological polar surface area (TPSA) is 26.3 Å². The van der Waals surface area contributed by atoms with Crippen LogP contribution in [-0.2, 0) is 9.53 Å². The van der Waals surface area contributed by atoms with Crippen molar-refractivity contribution in [1.29, 1.82) is 0 Å². The van der Waals surface area contributed by atoms with Crippen molar-refractivity contribution in [3.05, 3.63) is 47.1 Å². The number of carbonyl (C=O) groups is 1. The number of rotatable bonds is 3. The predicted octanol–water partition coefficient (Wildman–Crippen LogP) is 3.96. The number of carbonyl (C=O) groups excluding carboxylic acids is 1. The van der Waals surface area contributed by atoms with Gasteiger partial charge in [0.2, 0.25) is 0 Å². The number of methoxy groups -OCH3 is 1. The Balaban J connectivity index is 2.21. The van der Waals surface area contributed by atoms with Gasteiger partial charge in [-0.1, -0.05) is 37.3 Å². The van der Waals surface area contributed by atoms with E-state index in [0.29, 0.717) is 12.3 Å². The van der Waals surface area contributed by atoms with Gasteiger partial charge < -0.3 is 4.74 Å². The molecular formula is C17H22O2. The van der Waals surface area contributed by atoms with E-state index in [1.807, 2.05) is 0 Å². The Labute approximate surface area is 115 Å². The number of allylic oxidation sites excluding steroid dienone is 8. The Bertz CT molecular complexity index is 477. The summed E-state index contributed by atoms with van der Waals surface area (Å²) >= 11 is 0. The minimum absolute atomic E-state index is 0.128. The highest BCUT2D eigenvalue weighted by molar-refractivity contribution is 5.70. The van der Waals surface area contributed by atoms with E-state index in [0.717, 1.165) is 12.8 Å². The van der Waals surface area contributed by atoms with Crippen molar-refractivity contribution in [2.45, 2.75) is 33.1 Å². The Morgan fingerprint density at radius 2 is 2.21 bits per heavy atom. The van der Waals surface area contributed by atoms with Gasteiger partial charge >= 0.3 is 5.97 Å². The zero-order valence-corrected chi connectivity index (χ0v) is 12.0. The summed E-state index contributed by atoms with van der Waals surface area (Å²) in [6, 6.07) is 0. The molecule has 2 unspecified atom stereocenters. The lowest BCUT2D eigenvalue weighted by atomic mass is 9.81. The third-order valence-electron chi connectivity index (χ3n) is 4.03. The molecule has 2 rings (SSSR count). The van der Waals surface area contributed by atoms with Gasteiger partial charge in [-0.25, -0.2) is 0 Å². The Kier molecular flexibility index (Phi) is 4.41. The SMILES string of the molecule is COC(=O)CC1C=C(C2=C(C)C=CCC2)C=CC1C. The lowest BCUT2D eigenvalue weighted by Crippen LogP contribution is -2.17. The van der Waals surface area contributed by atoms with Crippen molar-refractivity contribution in [2.75, 3.05) is 7.11 Å². The maximum atomic E-state index is 11.5. The fourth-order valence-corrected chi connectivity index (χ4v) is 2.72. The number of esters is 1. The number of ether oxygens (including phenoxy) is 1. The van der Waals surface area contributed by atoms with Crippen molar-refractivity contribution in [2.24, 2.45) is 11.8 Å². The third-order valence-corrected chi connectivity index (χ3v) is 4.03. The highest BCUT2D eigenvalue weighted by atomic mass is 16.5. The van der Waals surface area contributed by atoms with Gasteiger partial charge in [0.05, 0.1) is 13.5 Å². The maximum Gasteiger partial charge on any atom is 0.306 e. The van der Waals surface area contributed by atoms with E-state index in [2.05, 4.69) is 44.2 Å². The quantitative estimate of drug-likeness (QED) is 0.716. The molecule has 2 aliphatic rings. The van der Waals surface area contributed by atoms with Crippen LogP contribution in [0.25, 0.3) is 0 Å². The van der Waals surface area contributed by atoms with E-state index in [-0.39, 0.29) is 11.9 Å². The molecule has 102 valence electrons. The standard InChI is InChI=1S/C17H22O2/c1-12-8-9-14(10-15(12)11-17(18)19-3)16-7-5-4-6-13(16)2/h4,6,8-10,12,15H,5,7,11H2,1-3H3. The van der Waals surface area contributed by atoms with E-state index in [9.17, 15) is 4.79 Å². The first kappa shape index (κ1) is 13.9. The van der Waals surface area contributed by atoms with Crippen LogP contribution in [0.15, 0.2) is 47.1 Å². The summed E-state index contributed by atoms with van der Waals surface area (Å²) in [5.74, 6) is 0.513. The van der Waals surface area contributed by atoms with Crippen LogP contribution < -0.4 is 0 Å². The van der Waals surface area contributed by atoms with Crippen molar-refractivity contribution in [1.82, 2.24) is 0 Å². The first-order chi connectivity index (χ1) is 9.11. The molecule has 0 bridgehead atoms. The van der Waals surface area contributed by atoms with Gasteiger partial charge in [-0.2, -0.15) is 0 Å². The molecule has 0 radical (unpaired) electrons. The zero-order valence-electron chi connectivity index (χ0n) is 12.0. The Hall–Kier alpha value is -1.57. The minimum Gasteiger partial charge on any atom is -0.469 e. The molecule has 0 amide bonds. The van der Waals surface area contributed by atoms with Gasteiger partial charge in [0, 0.05) is 0 Å². The van der Waals surface area contributed by atoms with Gasteiger partial charge in [-0.05, 0) is 48.3 Å². The van der Waals surface area contributed by atoms with Gasteiger partial charge in [-0.15, -0.1) is 0 Å². The van der Waals surface area contributed by atoms with Crippen LogP contribution in [0.2, 0.25) is 0 Å². The van der Waals surface area contributed by atoms with Gasteiger partial charge in [0.25, 0.3) is 0 Å². The average Bonchev–Trinajstić information content (AvgIpc) is 2.42. The number of hydrogen-bond donors (Lipinski definition) is 0. The normalized spacial score (nSPS) is 26.4. The second kappa shape index (κ2) is 6.05. The van der Waals surface area contributed by atoms with E-state index in [1.165, 1.54) is 23.8 Å². The van der Waals surface area contributed by atoms with Crippen molar-refractivity contribution < 1.29 is 9.53 Å².